The third-order valence-electron chi connectivity index (χ3n) is 4.10. The van der Waals surface area contributed by atoms with Crippen LogP contribution in [0.2, 0.25) is 0 Å². The van der Waals surface area contributed by atoms with Crippen molar-refractivity contribution in [2.24, 2.45) is 0 Å². The molecule has 2 heterocycles. The summed E-state index contributed by atoms with van der Waals surface area (Å²) < 4.78 is 46.2. The van der Waals surface area contributed by atoms with Crippen LogP contribution in [0.15, 0.2) is 42.9 Å². The lowest BCUT2D eigenvalue weighted by Gasteiger charge is -2.14. The predicted octanol–water partition coefficient (Wildman–Crippen LogP) is 3.25. The van der Waals surface area contributed by atoms with Crippen LogP contribution in [0.3, 0.4) is 0 Å². The van der Waals surface area contributed by atoms with Crippen molar-refractivity contribution in [3.63, 3.8) is 0 Å². The van der Waals surface area contributed by atoms with Crippen LogP contribution in [0.5, 0.6) is 5.88 Å². The lowest BCUT2D eigenvalue weighted by atomic mass is 10.1. The normalized spacial score (nSPS) is 11.9. The van der Waals surface area contributed by atoms with Gasteiger partial charge in [-0.1, -0.05) is 0 Å². The van der Waals surface area contributed by atoms with Gasteiger partial charge in [0.2, 0.25) is 11.8 Å². The van der Waals surface area contributed by atoms with Crippen LogP contribution in [-0.2, 0) is 11.3 Å². The van der Waals surface area contributed by atoms with Gasteiger partial charge in [0.05, 0.1) is 19.3 Å². The maximum Gasteiger partial charge on any atom is 0.242 e. The van der Waals surface area contributed by atoms with Gasteiger partial charge >= 0.3 is 0 Å². The average molecular weight is 390 g/mol. The van der Waals surface area contributed by atoms with Crippen LogP contribution < -0.4 is 10.1 Å². The van der Waals surface area contributed by atoms with Crippen LogP contribution >= 0.6 is 0 Å². The molecule has 0 unspecified atom stereocenters. The number of methoxy groups -OCH3 is 1. The van der Waals surface area contributed by atoms with Crippen molar-refractivity contribution in [1.82, 2.24) is 20.1 Å². The number of amides is 1. The van der Waals surface area contributed by atoms with E-state index in [2.05, 4.69) is 15.4 Å². The third-order valence-corrected chi connectivity index (χ3v) is 4.10. The average Bonchev–Trinajstić information content (AvgIpc) is 3.14. The minimum atomic E-state index is -1.53. The highest BCUT2D eigenvalue weighted by Crippen LogP contribution is 2.23. The van der Waals surface area contributed by atoms with Gasteiger partial charge in [-0.05, 0) is 36.2 Å². The summed E-state index contributed by atoms with van der Waals surface area (Å²) in [5, 5.41) is 6.83. The van der Waals surface area contributed by atoms with E-state index in [1.165, 1.54) is 24.2 Å². The molecule has 0 spiro atoms. The Morgan fingerprint density at radius 2 is 1.93 bits per heavy atom. The van der Waals surface area contributed by atoms with Crippen molar-refractivity contribution in [2.45, 2.75) is 19.5 Å². The van der Waals surface area contributed by atoms with E-state index >= 15 is 0 Å². The van der Waals surface area contributed by atoms with Crippen LogP contribution in [-0.4, -0.2) is 27.8 Å². The quantitative estimate of drug-likeness (QED) is 0.656. The number of nitrogens with zero attached hydrogens (tertiary/aromatic N) is 3. The molecule has 0 radical (unpaired) electrons. The molecule has 6 nitrogen and oxygen atoms in total. The Hall–Kier alpha value is -3.36. The molecule has 146 valence electrons. The fraction of sp³-hybridized carbons (Fsp3) is 0.211. The molecule has 0 aliphatic carbocycles. The fourth-order valence-corrected chi connectivity index (χ4v) is 2.64. The maximum atomic E-state index is 13.4. The van der Waals surface area contributed by atoms with Crippen molar-refractivity contribution < 1.29 is 22.7 Å². The van der Waals surface area contributed by atoms with Gasteiger partial charge in [0.15, 0.2) is 17.5 Å². The van der Waals surface area contributed by atoms with Gasteiger partial charge in [-0.25, -0.2) is 18.2 Å². The van der Waals surface area contributed by atoms with Crippen LogP contribution in [0.25, 0.3) is 11.1 Å². The Balaban J connectivity index is 1.67. The summed E-state index contributed by atoms with van der Waals surface area (Å²) in [6.07, 6.45) is 4.37. The summed E-state index contributed by atoms with van der Waals surface area (Å²) in [5.74, 6) is -3.98. The second-order valence-corrected chi connectivity index (χ2v) is 6.10. The molecule has 9 heteroatoms. The zero-order chi connectivity index (χ0) is 20.3. The van der Waals surface area contributed by atoms with E-state index < -0.39 is 17.5 Å². The summed E-state index contributed by atoms with van der Waals surface area (Å²) in [7, 11) is 1.50. The largest absolute Gasteiger partial charge is 0.481 e. The molecule has 2 aromatic heterocycles. The zero-order valence-electron chi connectivity index (χ0n) is 15.1. The highest BCUT2D eigenvalue weighted by molar-refractivity contribution is 5.76. The summed E-state index contributed by atoms with van der Waals surface area (Å²) in [5.41, 5.74) is 1.30. The summed E-state index contributed by atoms with van der Waals surface area (Å²) in [6, 6.07) is 4.93. The van der Waals surface area contributed by atoms with E-state index in [9.17, 15) is 18.0 Å². The molecule has 0 aliphatic heterocycles. The molecular formula is C19H17F3N4O2. The fourth-order valence-electron chi connectivity index (χ4n) is 2.64. The van der Waals surface area contributed by atoms with E-state index in [1.807, 2.05) is 6.92 Å². The number of rotatable bonds is 6. The lowest BCUT2D eigenvalue weighted by Crippen LogP contribution is -2.30. The minimum Gasteiger partial charge on any atom is -0.481 e. The Kier molecular flexibility index (Phi) is 5.62. The molecule has 0 fully saturated rings. The highest BCUT2D eigenvalue weighted by atomic mass is 19.2. The predicted molar refractivity (Wildman–Crippen MR) is 94.9 cm³/mol. The summed E-state index contributed by atoms with van der Waals surface area (Å²) in [6.45, 7) is 1.71. The van der Waals surface area contributed by atoms with Crippen LogP contribution in [0, 0.1) is 17.5 Å². The van der Waals surface area contributed by atoms with E-state index in [0.29, 0.717) is 11.4 Å². The van der Waals surface area contributed by atoms with Gasteiger partial charge in [0.1, 0.15) is 6.54 Å². The van der Waals surface area contributed by atoms with Gasteiger partial charge in [-0.2, -0.15) is 5.10 Å². The first-order chi connectivity index (χ1) is 13.4. The molecule has 0 saturated carbocycles. The van der Waals surface area contributed by atoms with Crippen molar-refractivity contribution in [3.8, 4) is 17.0 Å². The SMILES string of the molecule is COc1cc([C@@H](C)NC(=O)Cn2cc(-c3cc(F)c(F)c(F)c3)cn2)ccn1. The first kappa shape index (κ1) is 19.4. The number of hydrogen-bond acceptors (Lipinski definition) is 4. The maximum absolute atomic E-state index is 13.4. The number of halogens is 3. The number of nitrogens with one attached hydrogen (secondary N) is 1. The molecular weight excluding hydrogens is 373 g/mol. The van der Waals surface area contributed by atoms with Crippen LogP contribution in [0.4, 0.5) is 13.2 Å². The van der Waals surface area contributed by atoms with Crippen molar-refractivity contribution >= 4 is 5.91 Å². The molecule has 0 bridgehead atoms. The minimum absolute atomic E-state index is 0.0985. The molecule has 1 atom stereocenters. The molecule has 1 N–H and O–H groups in total. The number of carbonyl (C=O) groups is 1. The Bertz CT molecular complexity index is 983. The molecule has 3 aromatic rings. The Morgan fingerprint density at radius 1 is 1.21 bits per heavy atom. The van der Waals surface area contributed by atoms with Gasteiger partial charge in [0.25, 0.3) is 0 Å². The smallest absolute Gasteiger partial charge is 0.242 e. The number of ether oxygens (including phenoxy) is 1. The van der Waals surface area contributed by atoms with E-state index in [4.69, 9.17) is 4.74 Å². The number of carbonyl (C=O) groups excluding carboxylic acids is 1. The number of benzene rings is 1. The van der Waals surface area contributed by atoms with Gasteiger partial charge in [0, 0.05) is 24.0 Å². The zero-order valence-corrected chi connectivity index (χ0v) is 15.1. The molecule has 0 saturated heterocycles. The van der Waals surface area contributed by atoms with E-state index in [1.54, 1.807) is 18.3 Å². The second-order valence-electron chi connectivity index (χ2n) is 6.10. The first-order valence-electron chi connectivity index (χ1n) is 8.34. The topological polar surface area (TPSA) is 69.0 Å². The molecule has 1 amide bonds. The first-order valence-corrected chi connectivity index (χ1v) is 8.34. The van der Waals surface area contributed by atoms with Gasteiger partial charge in [-0.3, -0.25) is 9.48 Å². The van der Waals surface area contributed by atoms with Gasteiger partial charge in [-0.15, -0.1) is 0 Å². The molecule has 0 aliphatic rings. The molecule has 28 heavy (non-hydrogen) atoms. The van der Waals surface area contributed by atoms with Crippen molar-refractivity contribution in [3.05, 3.63) is 65.9 Å². The van der Waals surface area contributed by atoms with E-state index in [-0.39, 0.29) is 24.1 Å². The van der Waals surface area contributed by atoms with Crippen molar-refractivity contribution in [2.75, 3.05) is 7.11 Å². The lowest BCUT2D eigenvalue weighted by molar-refractivity contribution is -0.122. The van der Waals surface area contributed by atoms with Crippen molar-refractivity contribution in [1.29, 1.82) is 0 Å². The summed E-state index contributed by atoms with van der Waals surface area (Å²) in [4.78, 5) is 16.3. The second kappa shape index (κ2) is 8.12. The third kappa shape index (κ3) is 4.30. The molecule has 1 aromatic carbocycles. The number of pyridine rings is 1. The monoisotopic (exact) mass is 390 g/mol. The van der Waals surface area contributed by atoms with Gasteiger partial charge < -0.3 is 10.1 Å². The van der Waals surface area contributed by atoms with E-state index in [0.717, 1.165) is 17.7 Å². The number of aromatic nitrogens is 3. The standard InChI is InChI=1S/C19H17F3N4O2/c1-11(12-3-4-23-18(7-12)28-2)25-17(27)10-26-9-14(8-24-26)13-5-15(20)19(22)16(21)6-13/h3-9,11H,10H2,1-2H3,(H,25,27)/t11-/m1/s1. The van der Waals surface area contributed by atoms with Crippen LogP contribution in [0.1, 0.15) is 18.5 Å². The molecule has 3 rings (SSSR count). The Morgan fingerprint density at radius 3 is 2.61 bits per heavy atom. The number of hydrogen-bond donors (Lipinski definition) is 1. The summed E-state index contributed by atoms with van der Waals surface area (Å²) >= 11 is 0. The Labute approximate surface area is 159 Å². The highest BCUT2D eigenvalue weighted by Gasteiger charge is 2.15.